The molecule has 0 aromatic heterocycles. The van der Waals surface area contributed by atoms with E-state index >= 15 is 0 Å². The van der Waals surface area contributed by atoms with Gasteiger partial charge in [0.2, 0.25) is 0 Å². The van der Waals surface area contributed by atoms with E-state index in [4.69, 9.17) is 9.73 Å². The number of hydrogen-bond donors (Lipinski definition) is 1. The largest absolute Gasteiger partial charge is 0.416 e. The molecule has 3 rings (SSSR count). The highest BCUT2D eigenvalue weighted by Crippen LogP contribution is 2.36. The summed E-state index contributed by atoms with van der Waals surface area (Å²) in [5.41, 5.74) is -0.0784. The van der Waals surface area contributed by atoms with E-state index in [1.54, 1.807) is 11.8 Å². The first-order valence-electron chi connectivity index (χ1n) is 6.72. The minimum Gasteiger partial charge on any atom is -0.381 e. The maximum atomic E-state index is 12.5. The van der Waals surface area contributed by atoms with Gasteiger partial charge in [0.05, 0.1) is 11.1 Å². The Morgan fingerprint density at radius 1 is 1.14 bits per heavy atom. The van der Waals surface area contributed by atoms with Crippen molar-refractivity contribution in [3.63, 3.8) is 0 Å². The second-order valence-corrected chi connectivity index (χ2v) is 6.21. The van der Waals surface area contributed by atoms with E-state index in [-0.39, 0.29) is 5.54 Å². The van der Waals surface area contributed by atoms with Gasteiger partial charge < -0.3 is 10.1 Å². The summed E-state index contributed by atoms with van der Waals surface area (Å²) in [6.07, 6.45) is -2.50. The molecular formula is C14H15F3N2OS. The first kappa shape index (κ1) is 14.7. The van der Waals surface area contributed by atoms with Crippen LogP contribution in [0.4, 0.5) is 18.9 Å². The lowest BCUT2D eigenvalue weighted by molar-refractivity contribution is -0.137. The predicted octanol–water partition coefficient (Wildman–Crippen LogP) is 3.77. The van der Waals surface area contributed by atoms with Crippen LogP contribution >= 0.6 is 11.8 Å². The Morgan fingerprint density at radius 3 is 2.43 bits per heavy atom. The number of alkyl halides is 3. The zero-order chi connectivity index (χ0) is 14.9. The minimum absolute atomic E-state index is 0.0584. The van der Waals surface area contributed by atoms with Crippen molar-refractivity contribution in [2.75, 3.05) is 24.3 Å². The van der Waals surface area contributed by atoms with Crippen LogP contribution in [0.15, 0.2) is 29.3 Å². The number of benzene rings is 1. The topological polar surface area (TPSA) is 33.6 Å². The maximum absolute atomic E-state index is 12.5. The summed E-state index contributed by atoms with van der Waals surface area (Å²) >= 11 is 1.61. The minimum atomic E-state index is -4.30. The molecule has 1 spiro atoms. The normalized spacial score (nSPS) is 21.4. The lowest BCUT2D eigenvalue weighted by Crippen LogP contribution is -2.34. The van der Waals surface area contributed by atoms with Gasteiger partial charge in [0, 0.05) is 24.7 Å². The molecule has 0 radical (unpaired) electrons. The van der Waals surface area contributed by atoms with Crippen LogP contribution in [0.3, 0.4) is 0 Å². The Bertz CT molecular complexity index is 536. The van der Waals surface area contributed by atoms with Gasteiger partial charge in [-0.15, -0.1) is 0 Å². The lowest BCUT2D eigenvalue weighted by Gasteiger charge is -2.29. The maximum Gasteiger partial charge on any atom is 0.416 e. The Hall–Kier alpha value is -1.21. The van der Waals surface area contributed by atoms with Gasteiger partial charge in [-0.3, -0.25) is 4.99 Å². The molecule has 3 nitrogen and oxygen atoms in total. The zero-order valence-electron chi connectivity index (χ0n) is 11.2. The number of amidine groups is 1. The Labute approximate surface area is 125 Å². The van der Waals surface area contributed by atoms with Gasteiger partial charge in [0.25, 0.3) is 0 Å². The average Bonchev–Trinajstić information content (AvgIpc) is 2.82. The van der Waals surface area contributed by atoms with E-state index in [1.807, 2.05) is 0 Å². The molecule has 7 heteroatoms. The van der Waals surface area contributed by atoms with Crippen LogP contribution < -0.4 is 5.32 Å². The molecule has 2 aliphatic heterocycles. The van der Waals surface area contributed by atoms with Crippen molar-refractivity contribution in [1.29, 1.82) is 0 Å². The van der Waals surface area contributed by atoms with Gasteiger partial charge >= 0.3 is 6.18 Å². The lowest BCUT2D eigenvalue weighted by atomic mass is 9.93. The van der Waals surface area contributed by atoms with Gasteiger partial charge in [-0.25, -0.2) is 0 Å². The predicted molar refractivity (Wildman–Crippen MR) is 77.7 cm³/mol. The molecule has 1 saturated heterocycles. The van der Waals surface area contributed by atoms with Crippen LogP contribution in [-0.4, -0.2) is 29.7 Å². The summed E-state index contributed by atoms with van der Waals surface area (Å²) in [4.78, 5) is 4.71. The monoisotopic (exact) mass is 316 g/mol. The van der Waals surface area contributed by atoms with Crippen molar-refractivity contribution in [2.45, 2.75) is 24.6 Å². The highest BCUT2D eigenvalue weighted by Gasteiger charge is 2.37. The van der Waals surface area contributed by atoms with Crippen molar-refractivity contribution >= 4 is 22.6 Å². The summed E-state index contributed by atoms with van der Waals surface area (Å²) in [6.45, 7) is 1.44. The van der Waals surface area contributed by atoms with E-state index in [0.717, 1.165) is 49.1 Å². The van der Waals surface area contributed by atoms with Gasteiger partial charge in [-0.05, 0) is 37.1 Å². The Balaban J connectivity index is 1.68. The number of nitrogens with zero attached hydrogens (tertiary/aromatic N) is 1. The van der Waals surface area contributed by atoms with E-state index in [0.29, 0.717) is 5.69 Å². The number of nitrogens with one attached hydrogen (secondary N) is 1. The fraction of sp³-hybridized carbons (Fsp3) is 0.500. The number of aliphatic imine (C=N–C) groups is 1. The van der Waals surface area contributed by atoms with Crippen LogP contribution in [0, 0.1) is 0 Å². The van der Waals surface area contributed by atoms with Gasteiger partial charge in [0.1, 0.15) is 0 Å². The van der Waals surface area contributed by atoms with E-state index in [1.165, 1.54) is 12.1 Å². The van der Waals surface area contributed by atoms with Crippen LogP contribution in [0.1, 0.15) is 18.4 Å². The van der Waals surface area contributed by atoms with Crippen molar-refractivity contribution in [2.24, 2.45) is 4.99 Å². The first-order valence-corrected chi connectivity index (χ1v) is 7.70. The molecule has 1 aromatic rings. The van der Waals surface area contributed by atoms with Gasteiger partial charge in [-0.1, -0.05) is 11.8 Å². The molecule has 114 valence electrons. The number of ether oxygens (including phenoxy) is 1. The highest BCUT2D eigenvalue weighted by molar-refractivity contribution is 8.14. The number of rotatable bonds is 1. The standard InChI is InChI=1S/C14H15F3N2OS/c15-14(16,17)10-1-3-11(4-2-10)18-12-19-13(9-21-12)5-7-20-8-6-13/h1-4H,5-9H2,(H,18,19). The SMILES string of the molecule is FC(F)(F)c1ccc(NC2=NC3(CCOCC3)CS2)cc1. The third-order valence-electron chi connectivity index (χ3n) is 3.70. The Morgan fingerprint density at radius 2 is 1.81 bits per heavy atom. The molecule has 2 aliphatic rings. The summed E-state index contributed by atoms with van der Waals surface area (Å²) in [5, 5.41) is 3.87. The number of halogens is 3. The molecule has 0 aliphatic carbocycles. The summed E-state index contributed by atoms with van der Waals surface area (Å²) in [7, 11) is 0. The van der Waals surface area contributed by atoms with Crippen LogP contribution in [0.2, 0.25) is 0 Å². The molecule has 2 heterocycles. The molecule has 1 N–H and O–H groups in total. The zero-order valence-corrected chi connectivity index (χ0v) is 12.1. The number of thioether (sulfide) groups is 1. The number of hydrogen-bond acceptors (Lipinski definition) is 4. The van der Waals surface area contributed by atoms with Gasteiger partial charge in [0.15, 0.2) is 5.17 Å². The fourth-order valence-electron chi connectivity index (χ4n) is 2.42. The third kappa shape index (κ3) is 3.35. The molecule has 21 heavy (non-hydrogen) atoms. The average molecular weight is 316 g/mol. The second-order valence-electron chi connectivity index (χ2n) is 5.24. The van der Waals surface area contributed by atoms with Crippen molar-refractivity contribution in [1.82, 2.24) is 0 Å². The molecule has 0 saturated carbocycles. The first-order chi connectivity index (χ1) is 9.97. The molecule has 1 fully saturated rings. The summed E-state index contributed by atoms with van der Waals surface area (Å²) in [5.74, 6) is 0.902. The van der Waals surface area contributed by atoms with Crippen LogP contribution in [0.5, 0.6) is 0 Å². The van der Waals surface area contributed by atoms with Crippen molar-refractivity contribution in [3.05, 3.63) is 29.8 Å². The number of anilines is 1. The fourth-order valence-corrected chi connectivity index (χ4v) is 3.63. The summed E-state index contributed by atoms with van der Waals surface area (Å²) in [6, 6.07) is 5.02. The molecule has 0 unspecified atom stereocenters. The molecule has 0 bridgehead atoms. The molecular weight excluding hydrogens is 301 g/mol. The smallest absolute Gasteiger partial charge is 0.381 e. The van der Waals surface area contributed by atoms with Gasteiger partial charge in [-0.2, -0.15) is 13.2 Å². The molecule has 0 atom stereocenters. The molecule has 1 aromatic carbocycles. The van der Waals surface area contributed by atoms with E-state index in [9.17, 15) is 13.2 Å². The van der Waals surface area contributed by atoms with E-state index < -0.39 is 11.7 Å². The summed E-state index contributed by atoms with van der Waals surface area (Å²) < 4.78 is 42.9. The highest BCUT2D eigenvalue weighted by atomic mass is 32.2. The molecule has 0 amide bonds. The third-order valence-corrected chi connectivity index (χ3v) is 4.85. The second kappa shape index (κ2) is 5.53. The Kier molecular flexibility index (Phi) is 3.88. The quantitative estimate of drug-likeness (QED) is 0.856. The van der Waals surface area contributed by atoms with Crippen molar-refractivity contribution < 1.29 is 17.9 Å². The van der Waals surface area contributed by atoms with Crippen molar-refractivity contribution in [3.8, 4) is 0 Å². The van der Waals surface area contributed by atoms with Crippen LogP contribution in [-0.2, 0) is 10.9 Å². The van der Waals surface area contributed by atoms with E-state index in [2.05, 4.69) is 5.32 Å². The van der Waals surface area contributed by atoms with Crippen LogP contribution in [0.25, 0.3) is 0 Å².